The van der Waals surface area contributed by atoms with Crippen molar-refractivity contribution in [3.8, 4) is 0 Å². The van der Waals surface area contributed by atoms with E-state index in [-0.39, 0.29) is 1.43 Å². The molecule has 1 saturated carbocycles. The third kappa shape index (κ3) is 1.98. The molecule has 0 spiro atoms. The predicted octanol–water partition coefficient (Wildman–Crippen LogP) is 2.42. The van der Waals surface area contributed by atoms with Crippen molar-refractivity contribution in [2.24, 2.45) is 5.92 Å². The molecule has 1 aliphatic carbocycles. The molecule has 62 valence electrons. The lowest BCUT2D eigenvalue weighted by molar-refractivity contribution is 0.201. The summed E-state index contributed by atoms with van der Waals surface area (Å²) in [5, 5.41) is 3.59. The summed E-state index contributed by atoms with van der Waals surface area (Å²) in [5.74, 6) is 0.789. The molecule has 1 rings (SSSR count). The Morgan fingerprint density at radius 2 is 2.10 bits per heavy atom. The molecular formula is C9H21N. The highest BCUT2D eigenvalue weighted by molar-refractivity contribution is 4.91. The van der Waals surface area contributed by atoms with Crippen LogP contribution in [-0.4, -0.2) is 12.1 Å². The first-order valence-corrected chi connectivity index (χ1v) is 4.37. The van der Waals surface area contributed by atoms with Crippen molar-refractivity contribution in [2.45, 2.75) is 45.6 Å². The fraction of sp³-hybridized carbons (Fsp3) is 1.00. The van der Waals surface area contributed by atoms with E-state index >= 15 is 0 Å². The summed E-state index contributed by atoms with van der Waals surface area (Å²) in [5.41, 5.74) is 0.504. The van der Waals surface area contributed by atoms with Gasteiger partial charge in [-0.05, 0) is 38.6 Å². The van der Waals surface area contributed by atoms with Crippen molar-refractivity contribution in [3.63, 3.8) is 0 Å². The molecule has 0 saturated heterocycles. The molecule has 0 bridgehead atoms. The normalized spacial score (nSPS) is 22.8. The van der Waals surface area contributed by atoms with Crippen molar-refractivity contribution in [1.29, 1.82) is 0 Å². The molecule has 1 heteroatoms. The van der Waals surface area contributed by atoms with Crippen LogP contribution in [0.2, 0.25) is 0 Å². The van der Waals surface area contributed by atoms with Gasteiger partial charge in [-0.1, -0.05) is 13.8 Å². The third-order valence-corrected chi connectivity index (χ3v) is 2.39. The van der Waals surface area contributed by atoms with E-state index in [4.69, 9.17) is 0 Å². The molecule has 0 aromatic rings. The summed E-state index contributed by atoms with van der Waals surface area (Å²) >= 11 is 0. The van der Waals surface area contributed by atoms with Crippen molar-refractivity contribution in [1.82, 2.24) is 5.32 Å². The zero-order chi connectivity index (χ0) is 7.61. The van der Waals surface area contributed by atoms with E-state index in [0.717, 1.165) is 5.92 Å². The first-order chi connectivity index (χ1) is 4.62. The molecule has 0 heterocycles. The minimum atomic E-state index is 0. The Bertz CT molecular complexity index is 108. The van der Waals surface area contributed by atoms with Gasteiger partial charge in [0.05, 0.1) is 0 Å². The molecule has 0 amide bonds. The molecule has 0 aromatic carbocycles. The Labute approximate surface area is 65.7 Å². The molecular weight excluding hydrogens is 122 g/mol. The summed E-state index contributed by atoms with van der Waals surface area (Å²) in [6, 6.07) is 0. The van der Waals surface area contributed by atoms with Gasteiger partial charge >= 0.3 is 0 Å². The van der Waals surface area contributed by atoms with E-state index in [1.807, 2.05) is 0 Å². The highest BCUT2D eigenvalue weighted by Crippen LogP contribution is 2.30. The molecule has 0 unspecified atom stereocenters. The van der Waals surface area contributed by atoms with Crippen LogP contribution in [0.1, 0.15) is 41.5 Å². The van der Waals surface area contributed by atoms with E-state index in [9.17, 15) is 0 Å². The van der Waals surface area contributed by atoms with Crippen molar-refractivity contribution < 1.29 is 1.43 Å². The fourth-order valence-corrected chi connectivity index (χ4v) is 1.33. The van der Waals surface area contributed by atoms with Gasteiger partial charge in [0.25, 0.3) is 0 Å². The number of hydrogen-bond donors (Lipinski definition) is 1. The summed E-state index contributed by atoms with van der Waals surface area (Å²) in [4.78, 5) is 0. The average molecular weight is 143 g/mol. The standard InChI is InChI=1S/C9H19N.H2/c1-8(2)7-10-9(3)5-4-6-9;/h8,10H,4-7H2,1-3H3;1H. The van der Waals surface area contributed by atoms with Crippen LogP contribution in [0.15, 0.2) is 0 Å². The second-order valence-electron chi connectivity index (χ2n) is 4.19. The topological polar surface area (TPSA) is 12.0 Å². The Hall–Kier alpha value is -0.0400. The minimum Gasteiger partial charge on any atom is -0.311 e. The number of rotatable bonds is 3. The van der Waals surface area contributed by atoms with E-state index in [0.29, 0.717) is 5.54 Å². The van der Waals surface area contributed by atoms with Gasteiger partial charge < -0.3 is 5.32 Å². The van der Waals surface area contributed by atoms with Gasteiger partial charge in [0.1, 0.15) is 0 Å². The van der Waals surface area contributed by atoms with Crippen LogP contribution in [0, 0.1) is 5.92 Å². The van der Waals surface area contributed by atoms with Gasteiger partial charge in [0, 0.05) is 6.97 Å². The zero-order valence-corrected chi connectivity index (χ0v) is 7.41. The van der Waals surface area contributed by atoms with Crippen LogP contribution in [0.25, 0.3) is 0 Å². The predicted molar refractivity (Wildman–Crippen MR) is 47.2 cm³/mol. The Morgan fingerprint density at radius 3 is 2.40 bits per heavy atom. The Balaban J connectivity index is 0.000001000. The van der Waals surface area contributed by atoms with Crippen LogP contribution >= 0.6 is 0 Å². The lowest BCUT2D eigenvalue weighted by Crippen LogP contribution is -2.49. The van der Waals surface area contributed by atoms with Crippen LogP contribution < -0.4 is 5.32 Å². The van der Waals surface area contributed by atoms with Crippen molar-refractivity contribution in [2.75, 3.05) is 6.54 Å². The maximum absolute atomic E-state index is 3.59. The lowest BCUT2D eigenvalue weighted by Gasteiger charge is -2.40. The van der Waals surface area contributed by atoms with Crippen molar-refractivity contribution >= 4 is 0 Å². The first kappa shape index (κ1) is 8.06. The number of nitrogens with one attached hydrogen (secondary N) is 1. The quantitative estimate of drug-likeness (QED) is 0.640. The van der Waals surface area contributed by atoms with E-state index in [2.05, 4.69) is 26.1 Å². The second-order valence-corrected chi connectivity index (χ2v) is 4.19. The summed E-state index contributed by atoms with van der Waals surface area (Å²) < 4.78 is 0. The monoisotopic (exact) mass is 143 g/mol. The van der Waals surface area contributed by atoms with Gasteiger partial charge in [0.2, 0.25) is 0 Å². The molecule has 0 aliphatic heterocycles. The van der Waals surface area contributed by atoms with Crippen molar-refractivity contribution in [3.05, 3.63) is 0 Å². The molecule has 1 aliphatic rings. The molecule has 1 nitrogen and oxygen atoms in total. The maximum Gasteiger partial charge on any atom is 0.0153 e. The summed E-state index contributed by atoms with van der Waals surface area (Å²) in [6.45, 7) is 8.03. The second kappa shape index (κ2) is 2.91. The number of hydrogen-bond acceptors (Lipinski definition) is 1. The smallest absolute Gasteiger partial charge is 0.0153 e. The van der Waals surface area contributed by atoms with Gasteiger partial charge in [0.15, 0.2) is 0 Å². The van der Waals surface area contributed by atoms with Crippen LogP contribution in [-0.2, 0) is 0 Å². The summed E-state index contributed by atoms with van der Waals surface area (Å²) in [7, 11) is 0. The highest BCUT2D eigenvalue weighted by atomic mass is 15.0. The largest absolute Gasteiger partial charge is 0.311 e. The van der Waals surface area contributed by atoms with Gasteiger partial charge in [-0.25, -0.2) is 0 Å². The van der Waals surface area contributed by atoms with E-state index < -0.39 is 0 Å². The van der Waals surface area contributed by atoms with Gasteiger partial charge in [-0.3, -0.25) is 0 Å². The first-order valence-electron chi connectivity index (χ1n) is 4.37. The van der Waals surface area contributed by atoms with E-state index in [1.165, 1.54) is 25.8 Å². The third-order valence-electron chi connectivity index (χ3n) is 2.39. The Morgan fingerprint density at radius 1 is 1.50 bits per heavy atom. The molecule has 1 N–H and O–H groups in total. The molecule has 1 fully saturated rings. The maximum atomic E-state index is 3.59. The molecule has 0 radical (unpaired) electrons. The van der Waals surface area contributed by atoms with Gasteiger partial charge in [-0.15, -0.1) is 0 Å². The molecule has 0 aromatic heterocycles. The summed E-state index contributed by atoms with van der Waals surface area (Å²) in [6.07, 6.45) is 4.17. The van der Waals surface area contributed by atoms with E-state index in [1.54, 1.807) is 0 Å². The molecule has 10 heavy (non-hydrogen) atoms. The Kier molecular flexibility index (Phi) is 2.35. The molecule has 0 atom stereocenters. The van der Waals surface area contributed by atoms with Gasteiger partial charge in [-0.2, -0.15) is 0 Å². The lowest BCUT2D eigenvalue weighted by atomic mass is 9.78. The van der Waals surface area contributed by atoms with Crippen LogP contribution in [0.5, 0.6) is 0 Å². The van der Waals surface area contributed by atoms with Crippen LogP contribution in [0.3, 0.4) is 0 Å². The highest BCUT2D eigenvalue weighted by Gasteiger charge is 2.30. The zero-order valence-electron chi connectivity index (χ0n) is 7.41. The fourth-order valence-electron chi connectivity index (χ4n) is 1.33. The SMILES string of the molecule is CC(C)CNC1(C)CCC1.[HH]. The minimum absolute atomic E-state index is 0. The van der Waals surface area contributed by atoms with Crippen LogP contribution in [0.4, 0.5) is 0 Å². The average Bonchev–Trinajstić information content (AvgIpc) is 1.79.